The highest BCUT2D eigenvalue weighted by Gasteiger charge is 2.31. The highest BCUT2D eigenvalue weighted by Crippen LogP contribution is 2.12. The molecule has 3 rings (SSSR count). The average molecular weight is 876 g/mol. The average Bonchev–Trinajstić information content (AvgIpc) is 3.25. The molecule has 0 heterocycles. The molecule has 0 aromatic heterocycles. The third-order valence-electron chi connectivity index (χ3n) is 9.30. The number of benzene rings is 3. The lowest BCUT2D eigenvalue weighted by molar-refractivity contribution is -0.134. The Bertz CT molecular complexity index is 1970. The molecule has 19 nitrogen and oxygen atoms in total. The van der Waals surface area contributed by atoms with Crippen LogP contribution in [0.5, 0.6) is 5.75 Å². The van der Waals surface area contributed by atoms with Gasteiger partial charge in [0, 0.05) is 19.4 Å². The molecule has 62 heavy (non-hydrogen) atoms. The van der Waals surface area contributed by atoms with Crippen molar-refractivity contribution in [3.8, 4) is 5.75 Å². The van der Waals surface area contributed by atoms with E-state index in [1.54, 1.807) is 72.8 Å². The summed E-state index contributed by atoms with van der Waals surface area (Å²) in [5.74, 6) is -4.56. The van der Waals surface area contributed by atoms with Crippen molar-refractivity contribution >= 4 is 59.1 Å². The second-order valence-corrected chi connectivity index (χ2v) is 15.3. The Balaban J connectivity index is 1.69. The number of rotatable bonds is 26. The molecule has 334 valence electrons. The molecule has 0 aliphatic carbocycles. The van der Waals surface area contributed by atoms with Crippen molar-refractivity contribution in [3.05, 3.63) is 102 Å². The Labute approximate surface area is 364 Å². The zero-order valence-electron chi connectivity index (χ0n) is 34.5. The Kier molecular flexibility index (Phi) is 21.3. The quantitative estimate of drug-likeness (QED) is 0.0242. The Morgan fingerprint density at radius 3 is 1.65 bits per heavy atom. The summed E-state index contributed by atoms with van der Waals surface area (Å²) in [5.41, 5.74) is 24.7. The molecular formula is C42H57N11O8S. The number of aliphatic imine (C=N–C) groups is 1. The van der Waals surface area contributed by atoms with Crippen LogP contribution in [0.3, 0.4) is 0 Å². The van der Waals surface area contributed by atoms with Gasteiger partial charge in [-0.15, -0.1) is 0 Å². The zero-order valence-corrected chi connectivity index (χ0v) is 35.3. The molecule has 20 heteroatoms. The van der Waals surface area contributed by atoms with Crippen molar-refractivity contribution in [1.82, 2.24) is 31.9 Å². The van der Waals surface area contributed by atoms with E-state index in [2.05, 4.69) is 36.9 Å². The SMILES string of the molecule is CSCC[C@H](NC(=O)[C@H](Cc1ccccc1)NC(=O)CNC(=O)CNC(=O)[C@@H](N)Cc1ccc(O)cc1)C(=O)N[C@@H](CCCN=C(N)N)C(=O)N[C@@H](Cc1ccccc1)C(N)=O. The molecule has 0 unspecified atom stereocenters. The number of nitrogens with two attached hydrogens (primary N) is 4. The summed E-state index contributed by atoms with van der Waals surface area (Å²) in [7, 11) is 0. The van der Waals surface area contributed by atoms with Gasteiger partial charge in [0.05, 0.1) is 19.1 Å². The van der Waals surface area contributed by atoms with E-state index in [1.165, 1.54) is 23.9 Å². The van der Waals surface area contributed by atoms with Gasteiger partial charge in [0.25, 0.3) is 0 Å². The summed E-state index contributed by atoms with van der Waals surface area (Å²) < 4.78 is 0. The molecule has 0 bridgehead atoms. The summed E-state index contributed by atoms with van der Waals surface area (Å²) in [4.78, 5) is 96.1. The van der Waals surface area contributed by atoms with Crippen molar-refractivity contribution in [2.45, 2.75) is 68.7 Å². The lowest BCUT2D eigenvalue weighted by atomic mass is 10.0. The highest BCUT2D eigenvalue weighted by molar-refractivity contribution is 7.98. The Morgan fingerprint density at radius 1 is 0.597 bits per heavy atom. The number of amides is 7. The predicted octanol–water partition coefficient (Wildman–Crippen LogP) is -1.79. The van der Waals surface area contributed by atoms with Crippen LogP contribution in [0.2, 0.25) is 0 Å². The van der Waals surface area contributed by atoms with Crippen molar-refractivity contribution in [2.75, 3.05) is 31.6 Å². The number of hydrogen-bond donors (Lipinski definition) is 11. The number of aromatic hydroxyl groups is 1. The fraction of sp³-hybridized carbons (Fsp3) is 0.381. The number of carbonyl (C=O) groups excluding carboxylic acids is 7. The van der Waals surface area contributed by atoms with Crippen molar-refractivity contribution in [1.29, 1.82) is 0 Å². The monoisotopic (exact) mass is 875 g/mol. The normalized spacial score (nSPS) is 13.1. The van der Waals surface area contributed by atoms with Crippen LogP contribution in [0, 0.1) is 0 Å². The van der Waals surface area contributed by atoms with Gasteiger partial charge in [-0.1, -0.05) is 72.8 Å². The van der Waals surface area contributed by atoms with Crippen LogP contribution < -0.4 is 54.8 Å². The molecule has 0 saturated carbocycles. The van der Waals surface area contributed by atoms with Gasteiger partial charge in [0.2, 0.25) is 41.4 Å². The number of phenols is 1. The number of nitrogens with one attached hydrogen (secondary N) is 6. The molecule has 3 aromatic carbocycles. The third-order valence-corrected chi connectivity index (χ3v) is 9.94. The lowest BCUT2D eigenvalue weighted by Gasteiger charge is -2.26. The topological polar surface area (TPSA) is 328 Å². The van der Waals surface area contributed by atoms with Gasteiger partial charge in [0.15, 0.2) is 5.96 Å². The second-order valence-electron chi connectivity index (χ2n) is 14.3. The predicted molar refractivity (Wildman–Crippen MR) is 236 cm³/mol. The number of guanidine groups is 1. The number of phenolic OH excluding ortho intramolecular Hbond substituents is 1. The molecule has 0 spiro atoms. The van der Waals surface area contributed by atoms with Crippen LogP contribution in [-0.2, 0) is 52.8 Å². The number of thioether (sulfide) groups is 1. The van der Waals surface area contributed by atoms with Gasteiger partial charge in [-0.05, 0) is 66.5 Å². The lowest BCUT2D eigenvalue weighted by Crippen LogP contribution is -2.59. The summed E-state index contributed by atoms with van der Waals surface area (Å²) >= 11 is 1.42. The fourth-order valence-electron chi connectivity index (χ4n) is 5.99. The minimum absolute atomic E-state index is 0.0178. The van der Waals surface area contributed by atoms with Gasteiger partial charge in [-0.25, -0.2) is 0 Å². The van der Waals surface area contributed by atoms with Crippen LogP contribution >= 0.6 is 11.8 Å². The van der Waals surface area contributed by atoms with E-state index in [4.69, 9.17) is 22.9 Å². The number of hydrogen-bond acceptors (Lipinski definition) is 11. The minimum atomic E-state index is -1.21. The van der Waals surface area contributed by atoms with Gasteiger partial charge >= 0.3 is 0 Å². The largest absolute Gasteiger partial charge is 0.508 e. The van der Waals surface area contributed by atoms with E-state index in [-0.39, 0.29) is 56.8 Å². The molecule has 7 amide bonds. The van der Waals surface area contributed by atoms with E-state index in [9.17, 15) is 38.7 Å². The molecule has 0 aliphatic rings. The molecule has 0 fully saturated rings. The van der Waals surface area contributed by atoms with Crippen molar-refractivity contribution < 1.29 is 38.7 Å². The first-order chi connectivity index (χ1) is 29.6. The first-order valence-corrected chi connectivity index (χ1v) is 21.2. The van der Waals surface area contributed by atoms with Gasteiger partial charge < -0.3 is 59.9 Å². The smallest absolute Gasteiger partial charge is 0.243 e. The second kappa shape index (κ2) is 26.5. The molecule has 5 atom stereocenters. The van der Waals surface area contributed by atoms with E-state index in [1.807, 2.05) is 6.26 Å². The van der Waals surface area contributed by atoms with E-state index >= 15 is 0 Å². The van der Waals surface area contributed by atoms with Crippen LogP contribution in [0.4, 0.5) is 0 Å². The van der Waals surface area contributed by atoms with Crippen molar-refractivity contribution in [2.24, 2.45) is 27.9 Å². The molecule has 3 aromatic rings. The van der Waals surface area contributed by atoms with E-state index in [0.717, 1.165) is 5.56 Å². The maximum Gasteiger partial charge on any atom is 0.243 e. The molecule has 0 radical (unpaired) electrons. The number of primary amides is 1. The maximum atomic E-state index is 13.9. The summed E-state index contributed by atoms with van der Waals surface area (Å²) in [5, 5.41) is 25.0. The minimum Gasteiger partial charge on any atom is -0.508 e. The van der Waals surface area contributed by atoms with Crippen LogP contribution in [0.15, 0.2) is 89.9 Å². The maximum absolute atomic E-state index is 13.9. The van der Waals surface area contributed by atoms with Crippen LogP contribution in [-0.4, -0.2) is 114 Å². The third kappa shape index (κ3) is 18.7. The first kappa shape index (κ1) is 49.7. The summed E-state index contributed by atoms with van der Waals surface area (Å²) in [6.07, 6.45) is 2.57. The molecular weight excluding hydrogens is 819 g/mol. The highest BCUT2D eigenvalue weighted by atomic mass is 32.2. The van der Waals surface area contributed by atoms with Crippen LogP contribution in [0.1, 0.15) is 36.0 Å². The van der Waals surface area contributed by atoms with Crippen LogP contribution in [0.25, 0.3) is 0 Å². The zero-order chi connectivity index (χ0) is 45.4. The van der Waals surface area contributed by atoms with E-state index < -0.39 is 84.6 Å². The first-order valence-electron chi connectivity index (χ1n) is 19.8. The van der Waals surface area contributed by atoms with E-state index in [0.29, 0.717) is 16.9 Å². The number of nitrogens with zero attached hydrogens (tertiary/aromatic N) is 1. The fourth-order valence-corrected chi connectivity index (χ4v) is 6.46. The van der Waals surface area contributed by atoms with Gasteiger partial charge in [-0.2, -0.15) is 11.8 Å². The Morgan fingerprint density at radius 2 is 1.10 bits per heavy atom. The summed E-state index contributed by atoms with van der Waals surface area (Å²) in [6.45, 7) is -0.875. The number of carbonyl (C=O) groups is 7. The molecule has 0 aliphatic heterocycles. The molecule has 0 saturated heterocycles. The van der Waals surface area contributed by atoms with Crippen molar-refractivity contribution in [3.63, 3.8) is 0 Å². The molecule has 15 N–H and O–H groups in total. The van der Waals surface area contributed by atoms with Gasteiger partial charge in [0.1, 0.15) is 29.9 Å². The Hall–Kier alpha value is -6.67. The van der Waals surface area contributed by atoms with Gasteiger partial charge in [-0.3, -0.25) is 38.6 Å². The standard InChI is InChI=1S/C42H57N11O8S/c1-62-20-18-32(40(60)51-31(13-8-19-47-42(45)46)39(59)53-33(37(44)57)22-26-9-4-2-5-10-26)52-41(61)34(23-27-11-6-3-7-12-27)50-36(56)25-48-35(55)24-49-38(58)30(43)21-28-14-16-29(54)17-15-28/h2-7,9-12,14-17,30-34,54H,8,13,18-25,43H2,1H3,(H2,44,57)(H,48,55)(H,49,58)(H,50,56)(H,51,60)(H,52,61)(H,53,59)(H4,45,46,47)/t30-,31-,32-,33-,34-/m0/s1. The summed E-state index contributed by atoms with van der Waals surface area (Å²) in [6, 6.07) is 18.3.